The summed E-state index contributed by atoms with van der Waals surface area (Å²) >= 11 is 3.53. The molecule has 0 saturated heterocycles. The van der Waals surface area contributed by atoms with Gasteiger partial charge in [0.05, 0.1) is 23.8 Å². The van der Waals surface area contributed by atoms with Crippen LogP contribution in [0.15, 0.2) is 46.9 Å². The lowest BCUT2D eigenvalue weighted by molar-refractivity contribution is -0.126. The first-order valence-corrected chi connectivity index (χ1v) is 11.7. The van der Waals surface area contributed by atoms with E-state index in [9.17, 15) is 15.2 Å². The predicted molar refractivity (Wildman–Crippen MR) is 129 cm³/mol. The molecule has 8 heteroatoms. The van der Waals surface area contributed by atoms with E-state index in [0.29, 0.717) is 12.0 Å². The molecule has 33 heavy (non-hydrogen) atoms. The van der Waals surface area contributed by atoms with E-state index < -0.39 is 12.1 Å². The molecule has 0 spiro atoms. The topological polar surface area (TPSA) is 104 Å². The number of aliphatic hydroxyl groups excluding tert-OH is 1. The van der Waals surface area contributed by atoms with Crippen LogP contribution >= 0.6 is 15.9 Å². The van der Waals surface area contributed by atoms with Crippen molar-refractivity contribution in [2.45, 2.75) is 50.5 Å². The SMILES string of the molecule is COCC(=O)N[C@@H](Cc1cccc(C#N)c1)[C@H](O)CN[C@H]1CC(C)(C)Oc2ccc(Br)cc21. The Hall–Kier alpha value is -2.44. The van der Waals surface area contributed by atoms with E-state index in [4.69, 9.17) is 9.47 Å². The van der Waals surface area contributed by atoms with E-state index in [2.05, 4.69) is 32.6 Å². The molecule has 1 amide bonds. The minimum absolute atomic E-state index is 0.0202. The standard InChI is InChI=1S/C25H30BrN3O4/c1-25(2)12-21(19-11-18(26)7-8-23(19)33-25)28-14-22(30)20(29-24(31)15-32-3)10-16-5-4-6-17(9-16)13-27/h4-9,11,20-22,28,30H,10,12,14-15H2,1-3H3,(H,29,31)/t20-,21-,22+/m0/s1. The number of carbonyl (C=O) groups excluding carboxylic acids is 1. The van der Waals surface area contributed by atoms with Crippen LogP contribution in [0.25, 0.3) is 0 Å². The molecule has 2 aromatic carbocycles. The van der Waals surface area contributed by atoms with Gasteiger partial charge < -0.3 is 25.2 Å². The average molecular weight is 516 g/mol. The zero-order chi connectivity index (χ0) is 24.0. The molecule has 1 aliphatic heterocycles. The van der Waals surface area contributed by atoms with Crippen LogP contribution in [0.2, 0.25) is 0 Å². The molecule has 0 aliphatic carbocycles. The highest BCUT2D eigenvalue weighted by Gasteiger charge is 2.34. The second-order valence-corrected chi connectivity index (χ2v) is 9.82. The van der Waals surface area contributed by atoms with Crippen molar-refractivity contribution in [2.24, 2.45) is 0 Å². The molecule has 0 aromatic heterocycles. The van der Waals surface area contributed by atoms with E-state index in [1.54, 1.807) is 18.2 Å². The molecule has 7 nitrogen and oxygen atoms in total. The van der Waals surface area contributed by atoms with E-state index in [0.717, 1.165) is 27.8 Å². The number of ether oxygens (including phenoxy) is 2. The number of hydrogen-bond acceptors (Lipinski definition) is 6. The Morgan fingerprint density at radius 2 is 2.15 bits per heavy atom. The molecule has 176 valence electrons. The molecule has 3 atom stereocenters. The minimum atomic E-state index is -0.863. The second kappa shape index (κ2) is 11.1. The van der Waals surface area contributed by atoms with Crippen LogP contribution in [-0.2, 0) is 16.0 Å². The molecule has 0 fully saturated rings. The van der Waals surface area contributed by atoms with Gasteiger partial charge in [0.25, 0.3) is 0 Å². The number of nitrogens with one attached hydrogen (secondary N) is 2. The Labute approximate surface area is 203 Å². The number of nitriles is 1. The molecule has 0 bridgehead atoms. The van der Waals surface area contributed by atoms with E-state index in [1.807, 2.05) is 38.1 Å². The molecule has 0 radical (unpaired) electrons. The zero-order valence-electron chi connectivity index (χ0n) is 19.1. The van der Waals surface area contributed by atoms with Gasteiger partial charge in [-0.15, -0.1) is 0 Å². The third kappa shape index (κ3) is 7.02. The zero-order valence-corrected chi connectivity index (χ0v) is 20.7. The van der Waals surface area contributed by atoms with Crippen LogP contribution < -0.4 is 15.4 Å². The molecule has 3 N–H and O–H groups in total. The number of benzene rings is 2. The van der Waals surface area contributed by atoms with Crippen molar-refractivity contribution in [3.05, 3.63) is 63.6 Å². The molecule has 1 heterocycles. The van der Waals surface area contributed by atoms with Gasteiger partial charge in [0.1, 0.15) is 18.0 Å². The lowest BCUT2D eigenvalue weighted by Gasteiger charge is -2.38. The van der Waals surface area contributed by atoms with Gasteiger partial charge >= 0.3 is 0 Å². The van der Waals surface area contributed by atoms with Crippen LogP contribution in [0, 0.1) is 11.3 Å². The van der Waals surface area contributed by atoms with Gasteiger partial charge in [0, 0.05) is 36.2 Å². The Balaban J connectivity index is 1.74. The van der Waals surface area contributed by atoms with Crippen molar-refractivity contribution < 1.29 is 19.4 Å². The third-order valence-electron chi connectivity index (χ3n) is 5.60. The van der Waals surface area contributed by atoms with Gasteiger partial charge in [-0.2, -0.15) is 5.26 Å². The van der Waals surface area contributed by atoms with Crippen LogP contribution in [0.3, 0.4) is 0 Å². The van der Waals surface area contributed by atoms with Crippen molar-refractivity contribution >= 4 is 21.8 Å². The smallest absolute Gasteiger partial charge is 0.246 e. The van der Waals surface area contributed by atoms with Crippen LogP contribution in [0.4, 0.5) is 0 Å². The molecule has 0 unspecified atom stereocenters. The lowest BCUT2D eigenvalue weighted by atomic mass is 9.89. The van der Waals surface area contributed by atoms with Crippen molar-refractivity contribution in [1.29, 1.82) is 5.26 Å². The number of rotatable bonds is 9. The summed E-state index contributed by atoms with van der Waals surface area (Å²) in [6, 6.07) is 14.6. The number of amides is 1. The van der Waals surface area contributed by atoms with Crippen molar-refractivity contribution in [3.63, 3.8) is 0 Å². The maximum absolute atomic E-state index is 12.2. The van der Waals surface area contributed by atoms with Gasteiger partial charge in [-0.05, 0) is 56.2 Å². The molecular formula is C25H30BrN3O4. The second-order valence-electron chi connectivity index (χ2n) is 8.90. The number of carbonyl (C=O) groups is 1. The Morgan fingerprint density at radius 1 is 1.36 bits per heavy atom. The van der Waals surface area contributed by atoms with Crippen LogP contribution in [0.5, 0.6) is 5.75 Å². The maximum Gasteiger partial charge on any atom is 0.246 e. The van der Waals surface area contributed by atoms with Crippen LogP contribution in [-0.4, -0.2) is 49.0 Å². The first kappa shape index (κ1) is 25.2. The fourth-order valence-electron chi connectivity index (χ4n) is 4.10. The Morgan fingerprint density at radius 3 is 2.88 bits per heavy atom. The Kier molecular flexibility index (Phi) is 8.49. The maximum atomic E-state index is 12.2. The highest BCUT2D eigenvalue weighted by Crippen LogP contribution is 2.40. The predicted octanol–water partition coefficient (Wildman–Crippen LogP) is 3.25. The van der Waals surface area contributed by atoms with Gasteiger partial charge in [-0.25, -0.2) is 0 Å². The van der Waals surface area contributed by atoms with Crippen molar-refractivity contribution in [3.8, 4) is 11.8 Å². The third-order valence-corrected chi connectivity index (χ3v) is 6.09. The fourth-order valence-corrected chi connectivity index (χ4v) is 4.48. The van der Waals surface area contributed by atoms with Gasteiger partial charge in [-0.3, -0.25) is 4.79 Å². The molecule has 0 saturated carbocycles. The van der Waals surface area contributed by atoms with Crippen molar-refractivity contribution in [1.82, 2.24) is 10.6 Å². The normalized spacial score (nSPS) is 18.4. The minimum Gasteiger partial charge on any atom is -0.487 e. The number of methoxy groups -OCH3 is 1. The number of hydrogen-bond donors (Lipinski definition) is 3. The van der Waals surface area contributed by atoms with Gasteiger partial charge in [-0.1, -0.05) is 28.1 Å². The first-order chi connectivity index (χ1) is 15.7. The van der Waals surface area contributed by atoms with E-state index in [1.165, 1.54) is 7.11 Å². The van der Waals surface area contributed by atoms with E-state index in [-0.39, 0.29) is 30.7 Å². The van der Waals surface area contributed by atoms with Crippen molar-refractivity contribution in [2.75, 3.05) is 20.3 Å². The molecule has 1 aliphatic rings. The highest BCUT2D eigenvalue weighted by atomic mass is 79.9. The summed E-state index contributed by atoms with van der Waals surface area (Å²) in [5.41, 5.74) is 2.07. The summed E-state index contributed by atoms with van der Waals surface area (Å²) in [5, 5.41) is 26.6. The summed E-state index contributed by atoms with van der Waals surface area (Å²) in [7, 11) is 1.45. The summed E-state index contributed by atoms with van der Waals surface area (Å²) in [4.78, 5) is 12.2. The molecular weight excluding hydrogens is 486 g/mol. The monoisotopic (exact) mass is 515 g/mol. The number of aliphatic hydroxyl groups is 1. The first-order valence-electron chi connectivity index (χ1n) is 10.9. The quantitative estimate of drug-likeness (QED) is 0.473. The van der Waals surface area contributed by atoms with Gasteiger partial charge in [0.15, 0.2) is 0 Å². The highest BCUT2D eigenvalue weighted by molar-refractivity contribution is 9.10. The summed E-state index contributed by atoms with van der Waals surface area (Å²) in [6.07, 6.45) is 0.252. The average Bonchev–Trinajstić information content (AvgIpc) is 2.77. The molecule has 3 rings (SSSR count). The Bertz CT molecular complexity index is 1020. The molecule has 2 aromatic rings. The largest absolute Gasteiger partial charge is 0.487 e. The summed E-state index contributed by atoms with van der Waals surface area (Å²) in [6.45, 7) is 4.26. The lowest BCUT2D eigenvalue weighted by Crippen LogP contribution is -2.50. The summed E-state index contributed by atoms with van der Waals surface area (Å²) < 4.78 is 12.0. The van der Waals surface area contributed by atoms with Gasteiger partial charge in [0.2, 0.25) is 5.91 Å². The number of halogens is 1. The number of nitrogens with zero attached hydrogens (tertiary/aromatic N) is 1. The fraction of sp³-hybridized carbons (Fsp3) is 0.440. The van der Waals surface area contributed by atoms with Crippen LogP contribution in [0.1, 0.15) is 43.0 Å². The van der Waals surface area contributed by atoms with E-state index >= 15 is 0 Å². The number of fused-ring (bicyclic) bond motifs is 1. The summed E-state index contributed by atoms with van der Waals surface area (Å²) in [5.74, 6) is 0.513.